The number of nitrogens with zero attached hydrogens (tertiary/aromatic N) is 4. The molecule has 1 aromatic carbocycles. The Kier molecular flexibility index (Phi) is 3.55. The SMILES string of the molecule is CCc1cc2c(s1)-n1c(CN)nnc1CN=C2c1ccccc1. The van der Waals surface area contributed by atoms with Gasteiger partial charge in [0.2, 0.25) is 0 Å². The van der Waals surface area contributed by atoms with E-state index >= 15 is 0 Å². The number of aryl methyl sites for hydroxylation is 1. The van der Waals surface area contributed by atoms with Gasteiger partial charge in [-0.15, -0.1) is 21.5 Å². The minimum absolute atomic E-state index is 0.368. The Morgan fingerprint density at radius 2 is 2.04 bits per heavy atom. The molecule has 0 amide bonds. The van der Waals surface area contributed by atoms with Gasteiger partial charge in [0.25, 0.3) is 0 Å². The fourth-order valence-corrected chi connectivity index (χ4v) is 3.98. The summed E-state index contributed by atoms with van der Waals surface area (Å²) >= 11 is 1.77. The molecule has 2 N–H and O–H groups in total. The van der Waals surface area contributed by atoms with Gasteiger partial charge in [-0.3, -0.25) is 9.56 Å². The number of aromatic nitrogens is 3. The summed E-state index contributed by atoms with van der Waals surface area (Å²) in [6.07, 6.45) is 0.995. The molecule has 0 bridgehead atoms. The maximum Gasteiger partial charge on any atom is 0.160 e. The van der Waals surface area contributed by atoms with Crippen LogP contribution in [0.2, 0.25) is 0 Å². The van der Waals surface area contributed by atoms with E-state index in [2.05, 4.69) is 39.9 Å². The molecule has 4 rings (SSSR count). The summed E-state index contributed by atoms with van der Waals surface area (Å²) in [5.41, 5.74) is 9.15. The number of aliphatic imine (C=N–C) groups is 1. The average Bonchev–Trinajstić information content (AvgIpc) is 3.16. The molecule has 2 aromatic heterocycles. The van der Waals surface area contributed by atoms with Gasteiger partial charge in [-0.05, 0) is 12.5 Å². The Balaban J connectivity index is 1.96. The molecule has 0 fully saturated rings. The lowest BCUT2D eigenvalue weighted by Crippen LogP contribution is -2.09. The highest BCUT2D eigenvalue weighted by Gasteiger charge is 2.24. The van der Waals surface area contributed by atoms with Crippen LogP contribution in [-0.2, 0) is 19.5 Å². The Hall–Kier alpha value is -2.31. The van der Waals surface area contributed by atoms with Crippen LogP contribution in [0.4, 0.5) is 0 Å². The topological polar surface area (TPSA) is 69.1 Å². The van der Waals surface area contributed by atoms with Crippen LogP contribution in [0.3, 0.4) is 0 Å². The van der Waals surface area contributed by atoms with Crippen molar-refractivity contribution in [3.8, 4) is 5.00 Å². The average molecular weight is 323 g/mol. The third-order valence-corrected chi connectivity index (χ3v) is 5.24. The first kappa shape index (κ1) is 14.3. The molecule has 0 spiro atoms. The van der Waals surface area contributed by atoms with Crippen LogP contribution < -0.4 is 5.73 Å². The van der Waals surface area contributed by atoms with Gasteiger partial charge in [-0.2, -0.15) is 0 Å². The standard InChI is InChI=1S/C17H17N5S/c1-2-12-8-13-16(11-6-4-3-5-7-11)19-10-15-21-20-14(9-18)22(15)17(13)23-12/h3-8H,2,9-10,18H2,1H3. The zero-order chi connectivity index (χ0) is 15.8. The summed E-state index contributed by atoms with van der Waals surface area (Å²) in [7, 11) is 0. The number of rotatable bonds is 3. The molecule has 1 aliphatic rings. The summed E-state index contributed by atoms with van der Waals surface area (Å²) in [5, 5.41) is 9.62. The van der Waals surface area contributed by atoms with Crippen molar-refractivity contribution in [1.29, 1.82) is 0 Å². The molecule has 5 nitrogen and oxygen atoms in total. The predicted octanol–water partition coefficient (Wildman–Crippen LogP) is 2.70. The van der Waals surface area contributed by atoms with Crippen LogP contribution in [0.5, 0.6) is 0 Å². The molecule has 0 aliphatic carbocycles. The van der Waals surface area contributed by atoms with E-state index in [1.807, 2.05) is 18.2 Å². The number of thiophene rings is 1. The van der Waals surface area contributed by atoms with Gasteiger partial charge in [0, 0.05) is 16.0 Å². The molecular weight excluding hydrogens is 306 g/mol. The highest BCUT2D eigenvalue weighted by molar-refractivity contribution is 7.15. The molecule has 23 heavy (non-hydrogen) atoms. The molecule has 0 unspecified atom stereocenters. The lowest BCUT2D eigenvalue weighted by molar-refractivity contribution is 0.837. The fourth-order valence-electron chi connectivity index (χ4n) is 2.84. The third-order valence-electron chi connectivity index (χ3n) is 3.98. The highest BCUT2D eigenvalue weighted by Crippen LogP contribution is 2.33. The molecule has 0 atom stereocenters. The molecule has 3 aromatic rings. The van der Waals surface area contributed by atoms with Gasteiger partial charge < -0.3 is 5.73 Å². The number of benzene rings is 1. The van der Waals surface area contributed by atoms with Gasteiger partial charge in [-0.1, -0.05) is 37.3 Å². The molecule has 3 heterocycles. The molecule has 6 heteroatoms. The minimum Gasteiger partial charge on any atom is -0.324 e. The van der Waals surface area contributed by atoms with Gasteiger partial charge >= 0.3 is 0 Å². The van der Waals surface area contributed by atoms with Crippen LogP contribution in [0, 0.1) is 0 Å². The van der Waals surface area contributed by atoms with E-state index in [4.69, 9.17) is 10.7 Å². The Bertz CT molecular complexity index is 876. The number of hydrogen-bond acceptors (Lipinski definition) is 5. The number of fused-ring (bicyclic) bond motifs is 3. The van der Waals surface area contributed by atoms with E-state index in [1.54, 1.807) is 11.3 Å². The maximum absolute atomic E-state index is 5.86. The zero-order valence-corrected chi connectivity index (χ0v) is 13.7. The normalized spacial score (nSPS) is 13.2. The molecule has 0 saturated heterocycles. The van der Waals surface area contributed by atoms with Crippen LogP contribution >= 0.6 is 11.3 Å². The number of nitrogens with two attached hydrogens (primary N) is 1. The van der Waals surface area contributed by atoms with Crippen molar-refractivity contribution in [2.24, 2.45) is 10.7 Å². The lowest BCUT2D eigenvalue weighted by atomic mass is 10.0. The highest BCUT2D eigenvalue weighted by atomic mass is 32.1. The summed E-state index contributed by atoms with van der Waals surface area (Å²) in [6.45, 7) is 3.05. The van der Waals surface area contributed by atoms with Crippen molar-refractivity contribution in [3.63, 3.8) is 0 Å². The minimum atomic E-state index is 0.368. The van der Waals surface area contributed by atoms with Crippen molar-refractivity contribution >= 4 is 17.0 Å². The second kappa shape index (κ2) is 5.72. The lowest BCUT2D eigenvalue weighted by Gasteiger charge is -2.07. The number of hydrogen-bond donors (Lipinski definition) is 1. The second-order valence-electron chi connectivity index (χ2n) is 5.39. The maximum atomic E-state index is 5.86. The van der Waals surface area contributed by atoms with E-state index < -0.39 is 0 Å². The first-order chi connectivity index (χ1) is 11.3. The van der Waals surface area contributed by atoms with Crippen molar-refractivity contribution in [1.82, 2.24) is 14.8 Å². The first-order valence-electron chi connectivity index (χ1n) is 7.68. The van der Waals surface area contributed by atoms with E-state index in [0.717, 1.165) is 39.9 Å². The van der Waals surface area contributed by atoms with Crippen molar-refractivity contribution in [2.45, 2.75) is 26.4 Å². The first-order valence-corrected chi connectivity index (χ1v) is 8.50. The van der Waals surface area contributed by atoms with Crippen molar-refractivity contribution in [2.75, 3.05) is 0 Å². The molecular formula is C17H17N5S. The summed E-state index contributed by atoms with van der Waals surface area (Å²) < 4.78 is 2.08. The van der Waals surface area contributed by atoms with E-state index in [0.29, 0.717) is 13.1 Å². The summed E-state index contributed by atoms with van der Waals surface area (Å²) in [5.74, 6) is 1.64. The van der Waals surface area contributed by atoms with Crippen LogP contribution in [0.1, 0.15) is 34.6 Å². The van der Waals surface area contributed by atoms with Gasteiger partial charge in [0.05, 0.1) is 12.3 Å². The quantitative estimate of drug-likeness (QED) is 0.806. The zero-order valence-electron chi connectivity index (χ0n) is 12.9. The Morgan fingerprint density at radius 1 is 1.22 bits per heavy atom. The third kappa shape index (κ3) is 2.31. The Labute approximate surface area is 138 Å². The summed E-state index contributed by atoms with van der Waals surface area (Å²) in [4.78, 5) is 6.15. The van der Waals surface area contributed by atoms with Crippen LogP contribution in [0.15, 0.2) is 41.4 Å². The van der Waals surface area contributed by atoms with Gasteiger partial charge in [-0.25, -0.2) is 0 Å². The van der Waals surface area contributed by atoms with E-state index in [-0.39, 0.29) is 0 Å². The van der Waals surface area contributed by atoms with E-state index in [1.165, 1.54) is 4.88 Å². The van der Waals surface area contributed by atoms with Crippen LogP contribution in [0.25, 0.3) is 5.00 Å². The van der Waals surface area contributed by atoms with Crippen molar-refractivity contribution in [3.05, 3.63) is 64.1 Å². The summed E-state index contributed by atoms with van der Waals surface area (Å²) in [6, 6.07) is 12.5. The second-order valence-corrected chi connectivity index (χ2v) is 6.50. The predicted molar refractivity (Wildman–Crippen MR) is 92.3 cm³/mol. The smallest absolute Gasteiger partial charge is 0.160 e. The Morgan fingerprint density at radius 3 is 2.78 bits per heavy atom. The van der Waals surface area contributed by atoms with Crippen LogP contribution in [-0.4, -0.2) is 20.5 Å². The monoisotopic (exact) mass is 323 g/mol. The fraction of sp³-hybridized carbons (Fsp3) is 0.235. The molecule has 0 radical (unpaired) electrons. The molecule has 116 valence electrons. The van der Waals surface area contributed by atoms with E-state index in [9.17, 15) is 0 Å². The molecule has 0 saturated carbocycles. The van der Waals surface area contributed by atoms with Gasteiger partial charge in [0.15, 0.2) is 11.6 Å². The van der Waals surface area contributed by atoms with Gasteiger partial charge in [0.1, 0.15) is 11.5 Å². The molecule has 1 aliphatic heterocycles. The van der Waals surface area contributed by atoms with Crippen molar-refractivity contribution < 1.29 is 0 Å². The largest absolute Gasteiger partial charge is 0.324 e.